The summed E-state index contributed by atoms with van der Waals surface area (Å²) in [6.45, 7) is 1.71. The smallest absolute Gasteiger partial charge is 0.310 e. The molecular weight excluding hydrogens is 281 g/mol. The number of rotatable bonds is 4. The molecule has 0 heterocycles. The van der Waals surface area contributed by atoms with Crippen molar-refractivity contribution in [2.24, 2.45) is 0 Å². The Labute approximate surface area is 128 Å². The number of ether oxygens (including phenoxy) is 1. The quantitative estimate of drug-likeness (QED) is 0.367. The van der Waals surface area contributed by atoms with Gasteiger partial charge in [0.2, 0.25) is 0 Å². The van der Waals surface area contributed by atoms with Gasteiger partial charge in [-0.15, -0.1) is 0 Å². The fourth-order valence-corrected chi connectivity index (χ4v) is 1.89. The van der Waals surface area contributed by atoms with Crippen LogP contribution >= 0.6 is 0 Å². The second-order valence-corrected chi connectivity index (χ2v) is 4.55. The summed E-state index contributed by atoms with van der Waals surface area (Å²) in [5.41, 5.74) is 1.10. The first-order chi connectivity index (χ1) is 10.6. The summed E-state index contributed by atoms with van der Waals surface area (Å²) in [6, 6.07) is 14.8. The molecule has 0 spiro atoms. The summed E-state index contributed by atoms with van der Waals surface area (Å²) in [4.78, 5) is 11.3. The van der Waals surface area contributed by atoms with Crippen LogP contribution in [-0.2, 0) is 4.79 Å². The van der Waals surface area contributed by atoms with Crippen molar-refractivity contribution in [3.63, 3.8) is 0 Å². The van der Waals surface area contributed by atoms with Crippen LogP contribution in [0.15, 0.2) is 48.5 Å². The van der Waals surface area contributed by atoms with E-state index in [1.165, 1.54) is 6.07 Å². The zero-order valence-corrected chi connectivity index (χ0v) is 12.0. The highest BCUT2D eigenvalue weighted by molar-refractivity contribution is 5.90. The van der Waals surface area contributed by atoms with Crippen LogP contribution in [-0.4, -0.2) is 5.97 Å². The Morgan fingerprint density at radius 1 is 1.27 bits per heavy atom. The fourth-order valence-electron chi connectivity index (χ4n) is 1.89. The number of esters is 1. The number of hydrogen-bond acceptors (Lipinski definition) is 3. The van der Waals surface area contributed by atoms with Gasteiger partial charge < -0.3 is 4.74 Å². The number of carbonyl (C=O) groups is 1. The summed E-state index contributed by atoms with van der Waals surface area (Å²) in [7, 11) is 0. The molecule has 4 heteroatoms. The lowest BCUT2D eigenvalue weighted by molar-refractivity contribution is -0.134. The van der Waals surface area contributed by atoms with Gasteiger partial charge in [-0.1, -0.05) is 37.3 Å². The predicted octanol–water partition coefficient (Wildman–Crippen LogP) is 4.21. The van der Waals surface area contributed by atoms with Crippen LogP contribution in [0.4, 0.5) is 4.39 Å². The van der Waals surface area contributed by atoms with E-state index < -0.39 is 5.82 Å². The Hall–Kier alpha value is -2.93. The van der Waals surface area contributed by atoms with Gasteiger partial charge in [0, 0.05) is 12.0 Å². The Kier molecular flexibility index (Phi) is 5.05. The Bertz CT molecular complexity index is 760. The van der Waals surface area contributed by atoms with Crippen molar-refractivity contribution < 1.29 is 13.9 Å². The van der Waals surface area contributed by atoms with E-state index in [-0.39, 0.29) is 23.5 Å². The van der Waals surface area contributed by atoms with Crippen molar-refractivity contribution in [2.45, 2.75) is 13.3 Å². The van der Waals surface area contributed by atoms with Crippen molar-refractivity contribution in [3.05, 3.63) is 65.5 Å². The summed E-state index contributed by atoms with van der Waals surface area (Å²) in [6.07, 6.45) is 1.83. The highest BCUT2D eigenvalue weighted by Gasteiger charge is 2.07. The van der Waals surface area contributed by atoms with Gasteiger partial charge in [0.05, 0.1) is 11.6 Å². The zero-order valence-electron chi connectivity index (χ0n) is 12.0. The monoisotopic (exact) mass is 295 g/mol. The van der Waals surface area contributed by atoms with Crippen molar-refractivity contribution in [1.82, 2.24) is 0 Å². The highest BCUT2D eigenvalue weighted by atomic mass is 19.1. The molecule has 0 amide bonds. The summed E-state index contributed by atoms with van der Waals surface area (Å²) < 4.78 is 18.9. The maximum atomic E-state index is 13.8. The van der Waals surface area contributed by atoms with Crippen LogP contribution in [0.3, 0.4) is 0 Å². The van der Waals surface area contributed by atoms with Crippen molar-refractivity contribution in [2.75, 3.05) is 0 Å². The molecule has 0 aliphatic rings. The standard InChI is InChI=1S/C18H14FNO2/c1-2-18(21)22-15-7-5-6-13(11-15)10-14(12-20)16-8-3-4-9-17(16)19/h3-11H,2H2,1H3/b14-10-. The Morgan fingerprint density at radius 2 is 2.05 bits per heavy atom. The molecule has 0 aromatic heterocycles. The zero-order chi connectivity index (χ0) is 15.9. The number of carbonyl (C=O) groups excluding carboxylic acids is 1. The molecule has 0 unspecified atom stereocenters. The van der Waals surface area contributed by atoms with Crippen LogP contribution in [0.5, 0.6) is 5.75 Å². The molecule has 0 radical (unpaired) electrons. The van der Waals surface area contributed by atoms with Crippen LogP contribution in [0.2, 0.25) is 0 Å². The van der Waals surface area contributed by atoms with Gasteiger partial charge >= 0.3 is 5.97 Å². The van der Waals surface area contributed by atoms with Gasteiger partial charge in [-0.25, -0.2) is 4.39 Å². The number of halogens is 1. The average Bonchev–Trinajstić information content (AvgIpc) is 2.53. The SMILES string of the molecule is CCC(=O)Oc1cccc(/C=C(/C#N)c2ccccc2F)c1. The minimum Gasteiger partial charge on any atom is -0.427 e. The molecular formula is C18H14FNO2. The van der Waals surface area contributed by atoms with E-state index in [4.69, 9.17) is 4.74 Å². The number of nitriles is 1. The second kappa shape index (κ2) is 7.19. The van der Waals surface area contributed by atoms with E-state index in [2.05, 4.69) is 0 Å². The van der Waals surface area contributed by atoms with Gasteiger partial charge in [0.25, 0.3) is 0 Å². The lowest BCUT2D eigenvalue weighted by Gasteiger charge is -2.04. The van der Waals surface area contributed by atoms with Crippen LogP contribution in [0.1, 0.15) is 24.5 Å². The molecule has 0 aliphatic heterocycles. The lowest BCUT2D eigenvalue weighted by atomic mass is 10.0. The lowest BCUT2D eigenvalue weighted by Crippen LogP contribution is -2.05. The molecule has 0 atom stereocenters. The van der Waals surface area contributed by atoms with E-state index in [1.807, 2.05) is 6.07 Å². The molecule has 22 heavy (non-hydrogen) atoms. The van der Waals surface area contributed by atoms with E-state index in [1.54, 1.807) is 55.5 Å². The van der Waals surface area contributed by atoms with Crippen LogP contribution < -0.4 is 4.74 Å². The minimum absolute atomic E-state index is 0.206. The van der Waals surface area contributed by atoms with Crippen molar-refractivity contribution in [1.29, 1.82) is 5.26 Å². The minimum atomic E-state index is -0.455. The fraction of sp³-hybridized carbons (Fsp3) is 0.111. The number of nitrogens with zero attached hydrogens (tertiary/aromatic N) is 1. The van der Waals surface area contributed by atoms with E-state index in [9.17, 15) is 14.4 Å². The molecule has 3 nitrogen and oxygen atoms in total. The second-order valence-electron chi connectivity index (χ2n) is 4.55. The largest absolute Gasteiger partial charge is 0.427 e. The van der Waals surface area contributed by atoms with Crippen molar-refractivity contribution in [3.8, 4) is 11.8 Å². The molecule has 0 aliphatic carbocycles. The molecule has 0 saturated carbocycles. The van der Waals surface area contributed by atoms with Gasteiger partial charge in [0.15, 0.2) is 0 Å². The van der Waals surface area contributed by atoms with Gasteiger partial charge in [0.1, 0.15) is 11.6 Å². The molecule has 0 saturated heterocycles. The first-order valence-electron chi connectivity index (χ1n) is 6.81. The van der Waals surface area contributed by atoms with Gasteiger partial charge in [-0.05, 0) is 29.8 Å². The van der Waals surface area contributed by atoms with Crippen molar-refractivity contribution >= 4 is 17.6 Å². The third-order valence-corrected chi connectivity index (χ3v) is 2.97. The molecule has 0 fully saturated rings. The maximum Gasteiger partial charge on any atom is 0.310 e. The summed E-state index contributed by atoms with van der Waals surface area (Å²) >= 11 is 0. The Balaban J connectivity index is 2.35. The topological polar surface area (TPSA) is 50.1 Å². The van der Waals surface area contributed by atoms with Gasteiger partial charge in [-0.2, -0.15) is 5.26 Å². The van der Waals surface area contributed by atoms with Gasteiger partial charge in [-0.3, -0.25) is 4.79 Å². The first kappa shape index (κ1) is 15.5. The maximum absolute atomic E-state index is 13.8. The molecule has 2 aromatic carbocycles. The Morgan fingerprint density at radius 3 is 2.73 bits per heavy atom. The first-order valence-corrected chi connectivity index (χ1v) is 6.81. The van der Waals surface area contributed by atoms with Crippen LogP contribution in [0, 0.1) is 17.1 Å². The summed E-state index contributed by atoms with van der Waals surface area (Å²) in [5, 5.41) is 9.25. The van der Waals surface area contributed by atoms with E-state index >= 15 is 0 Å². The van der Waals surface area contributed by atoms with E-state index in [0.29, 0.717) is 11.3 Å². The molecule has 2 aromatic rings. The third-order valence-electron chi connectivity index (χ3n) is 2.97. The third kappa shape index (κ3) is 3.80. The highest BCUT2D eigenvalue weighted by Crippen LogP contribution is 2.22. The molecule has 0 N–H and O–H groups in total. The molecule has 110 valence electrons. The average molecular weight is 295 g/mol. The number of allylic oxidation sites excluding steroid dienone is 1. The molecule has 2 rings (SSSR count). The predicted molar refractivity (Wildman–Crippen MR) is 82.3 cm³/mol. The normalized spacial score (nSPS) is 10.9. The van der Waals surface area contributed by atoms with Crippen LogP contribution in [0.25, 0.3) is 11.6 Å². The summed E-state index contributed by atoms with van der Waals surface area (Å²) in [5.74, 6) is -0.397. The number of hydrogen-bond donors (Lipinski definition) is 0. The number of benzene rings is 2. The van der Waals surface area contributed by atoms with E-state index in [0.717, 1.165) is 0 Å². The molecule has 0 bridgehead atoms.